The molecule has 0 aromatic rings. The first-order valence-electron chi connectivity index (χ1n) is 10.8. The van der Waals surface area contributed by atoms with Crippen molar-refractivity contribution in [2.24, 2.45) is 0 Å². The SMILES string of the molecule is CCOCCOCCOCCC(=O)NCCCNC(=O)OC1CC/C=C/CCC1. The van der Waals surface area contributed by atoms with Gasteiger partial charge < -0.3 is 29.6 Å². The highest BCUT2D eigenvalue weighted by atomic mass is 16.6. The van der Waals surface area contributed by atoms with Crippen LogP contribution in [0.3, 0.4) is 0 Å². The first-order valence-corrected chi connectivity index (χ1v) is 10.8. The van der Waals surface area contributed by atoms with Crippen LogP contribution in [0.4, 0.5) is 4.79 Å². The Labute approximate surface area is 174 Å². The summed E-state index contributed by atoms with van der Waals surface area (Å²) in [7, 11) is 0. The fourth-order valence-corrected chi connectivity index (χ4v) is 2.78. The molecule has 0 bridgehead atoms. The highest BCUT2D eigenvalue weighted by Crippen LogP contribution is 2.15. The second kappa shape index (κ2) is 18.4. The average molecular weight is 415 g/mol. The lowest BCUT2D eigenvalue weighted by atomic mass is 10.0. The third-order valence-electron chi connectivity index (χ3n) is 4.36. The predicted octanol–water partition coefficient (Wildman–Crippen LogP) is 2.57. The van der Waals surface area contributed by atoms with Crippen LogP contribution >= 0.6 is 0 Å². The molecule has 0 fully saturated rings. The second-order valence-corrected chi connectivity index (χ2v) is 6.81. The van der Waals surface area contributed by atoms with Gasteiger partial charge in [0, 0.05) is 26.1 Å². The number of carbonyl (C=O) groups is 2. The van der Waals surface area contributed by atoms with Crippen molar-refractivity contribution in [2.45, 2.75) is 58.0 Å². The van der Waals surface area contributed by atoms with Gasteiger partial charge in [0.1, 0.15) is 6.10 Å². The van der Waals surface area contributed by atoms with E-state index in [1.807, 2.05) is 6.92 Å². The van der Waals surface area contributed by atoms with Crippen molar-refractivity contribution in [3.05, 3.63) is 12.2 Å². The lowest BCUT2D eigenvalue weighted by molar-refractivity contribution is -0.122. The molecule has 29 heavy (non-hydrogen) atoms. The van der Waals surface area contributed by atoms with E-state index in [0.717, 1.165) is 32.1 Å². The molecule has 8 nitrogen and oxygen atoms in total. The average Bonchev–Trinajstić information content (AvgIpc) is 2.68. The van der Waals surface area contributed by atoms with E-state index in [9.17, 15) is 9.59 Å². The molecule has 1 unspecified atom stereocenters. The Morgan fingerprint density at radius 1 is 0.897 bits per heavy atom. The Balaban J connectivity index is 1.89. The van der Waals surface area contributed by atoms with E-state index >= 15 is 0 Å². The third kappa shape index (κ3) is 15.9. The van der Waals surface area contributed by atoms with Crippen LogP contribution < -0.4 is 10.6 Å². The molecule has 1 aliphatic carbocycles. The maximum absolute atomic E-state index is 11.8. The van der Waals surface area contributed by atoms with Crippen molar-refractivity contribution >= 4 is 12.0 Å². The van der Waals surface area contributed by atoms with Gasteiger partial charge in [0.2, 0.25) is 5.91 Å². The van der Waals surface area contributed by atoms with E-state index in [4.69, 9.17) is 18.9 Å². The highest BCUT2D eigenvalue weighted by Gasteiger charge is 2.14. The molecule has 1 atom stereocenters. The number of carbonyl (C=O) groups excluding carboxylic acids is 2. The Morgan fingerprint density at radius 3 is 2.38 bits per heavy atom. The number of amides is 2. The van der Waals surface area contributed by atoms with Crippen LogP contribution in [0, 0.1) is 0 Å². The fraction of sp³-hybridized carbons (Fsp3) is 0.810. The molecule has 0 saturated carbocycles. The van der Waals surface area contributed by atoms with Gasteiger partial charge in [0.25, 0.3) is 0 Å². The molecule has 0 spiro atoms. The van der Waals surface area contributed by atoms with Crippen molar-refractivity contribution in [1.82, 2.24) is 10.6 Å². The molecule has 168 valence electrons. The third-order valence-corrected chi connectivity index (χ3v) is 4.36. The van der Waals surface area contributed by atoms with Gasteiger partial charge in [-0.25, -0.2) is 4.79 Å². The maximum atomic E-state index is 11.8. The van der Waals surface area contributed by atoms with Crippen molar-refractivity contribution in [3.63, 3.8) is 0 Å². The number of hydrogen-bond acceptors (Lipinski definition) is 6. The minimum atomic E-state index is -0.372. The lowest BCUT2D eigenvalue weighted by Gasteiger charge is -2.18. The fourth-order valence-electron chi connectivity index (χ4n) is 2.78. The van der Waals surface area contributed by atoms with Gasteiger partial charge in [-0.05, 0) is 45.4 Å². The Kier molecular flexibility index (Phi) is 16.1. The largest absolute Gasteiger partial charge is 0.446 e. The zero-order chi connectivity index (χ0) is 21.0. The van der Waals surface area contributed by atoms with Crippen molar-refractivity contribution in [1.29, 1.82) is 0 Å². The van der Waals surface area contributed by atoms with Gasteiger partial charge in [-0.1, -0.05) is 12.2 Å². The summed E-state index contributed by atoms with van der Waals surface area (Å²) in [5, 5.41) is 5.56. The highest BCUT2D eigenvalue weighted by molar-refractivity contribution is 5.75. The van der Waals surface area contributed by atoms with E-state index in [-0.39, 0.29) is 18.1 Å². The molecule has 2 N–H and O–H groups in total. The van der Waals surface area contributed by atoms with Crippen molar-refractivity contribution in [2.75, 3.05) is 52.7 Å². The second-order valence-electron chi connectivity index (χ2n) is 6.81. The molecule has 1 aliphatic rings. The summed E-state index contributed by atoms with van der Waals surface area (Å²) in [6.07, 6.45) is 9.77. The van der Waals surface area contributed by atoms with Gasteiger partial charge >= 0.3 is 6.09 Å². The molecule has 0 heterocycles. The van der Waals surface area contributed by atoms with Crippen LogP contribution in [-0.4, -0.2) is 70.8 Å². The van der Waals surface area contributed by atoms with E-state index in [2.05, 4.69) is 22.8 Å². The Hall–Kier alpha value is -1.64. The molecular weight excluding hydrogens is 376 g/mol. The summed E-state index contributed by atoms with van der Waals surface area (Å²) in [4.78, 5) is 23.5. The molecule has 2 amide bonds. The Morgan fingerprint density at radius 2 is 1.59 bits per heavy atom. The predicted molar refractivity (Wildman–Crippen MR) is 111 cm³/mol. The zero-order valence-corrected chi connectivity index (χ0v) is 17.8. The molecule has 8 heteroatoms. The van der Waals surface area contributed by atoms with Gasteiger partial charge in [-0.3, -0.25) is 4.79 Å². The summed E-state index contributed by atoms with van der Waals surface area (Å²) >= 11 is 0. The lowest BCUT2D eigenvalue weighted by Crippen LogP contribution is -2.32. The van der Waals surface area contributed by atoms with Crippen molar-refractivity contribution in [3.8, 4) is 0 Å². The van der Waals surface area contributed by atoms with E-state index in [1.165, 1.54) is 0 Å². The van der Waals surface area contributed by atoms with Crippen LogP contribution in [0.15, 0.2) is 12.2 Å². The topological polar surface area (TPSA) is 95.1 Å². The molecule has 0 aromatic carbocycles. The van der Waals surface area contributed by atoms with Crippen LogP contribution in [0.25, 0.3) is 0 Å². The smallest absolute Gasteiger partial charge is 0.407 e. The maximum Gasteiger partial charge on any atom is 0.407 e. The molecule has 0 radical (unpaired) electrons. The summed E-state index contributed by atoms with van der Waals surface area (Å²) in [5.41, 5.74) is 0. The molecule has 1 rings (SSSR count). The van der Waals surface area contributed by atoms with Gasteiger partial charge in [-0.2, -0.15) is 0 Å². The van der Waals surface area contributed by atoms with Gasteiger partial charge in [0.15, 0.2) is 0 Å². The molecule has 0 aliphatic heterocycles. The minimum Gasteiger partial charge on any atom is -0.446 e. The van der Waals surface area contributed by atoms with Crippen LogP contribution in [-0.2, 0) is 23.7 Å². The standard InChI is InChI=1S/C21H38N2O6/c1-2-26-15-16-28-18-17-27-14-11-20(24)22-12-8-13-23-21(25)29-19-9-6-4-3-5-7-10-19/h3-4,19H,2,5-18H2,1H3,(H,22,24)(H,23,25)/b4-3+. The van der Waals surface area contributed by atoms with Crippen LogP contribution in [0.2, 0.25) is 0 Å². The number of hydrogen-bond donors (Lipinski definition) is 2. The molecule has 0 saturated heterocycles. The van der Waals surface area contributed by atoms with Crippen molar-refractivity contribution < 1.29 is 28.5 Å². The number of alkyl carbamates (subject to hydrolysis) is 1. The van der Waals surface area contributed by atoms with Gasteiger partial charge in [-0.15, -0.1) is 0 Å². The monoisotopic (exact) mass is 414 g/mol. The summed E-state index contributed by atoms with van der Waals surface area (Å²) in [6, 6.07) is 0. The first-order chi connectivity index (χ1) is 14.2. The zero-order valence-electron chi connectivity index (χ0n) is 17.8. The number of rotatable bonds is 15. The Bertz CT molecular complexity index is 458. The van der Waals surface area contributed by atoms with E-state index < -0.39 is 0 Å². The van der Waals surface area contributed by atoms with Crippen LogP contribution in [0.5, 0.6) is 0 Å². The number of allylic oxidation sites excluding steroid dienone is 2. The first kappa shape index (κ1) is 25.4. The molecule has 0 aromatic heterocycles. The summed E-state index contributed by atoms with van der Waals surface area (Å²) < 4.78 is 21.3. The minimum absolute atomic E-state index is 0.00488. The van der Waals surface area contributed by atoms with Crippen LogP contribution in [0.1, 0.15) is 51.9 Å². The normalized spacial score (nSPS) is 17.8. The van der Waals surface area contributed by atoms with E-state index in [1.54, 1.807) is 0 Å². The number of nitrogens with one attached hydrogen (secondary N) is 2. The quantitative estimate of drug-likeness (QED) is 0.316. The molecular formula is C21H38N2O6. The number of ether oxygens (including phenoxy) is 4. The van der Waals surface area contributed by atoms with Gasteiger partial charge in [0.05, 0.1) is 33.0 Å². The summed E-state index contributed by atoms with van der Waals surface area (Å²) in [5.74, 6) is -0.0626. The summed E-state index contributed by atoms with van der Waals surface area (Å²) in [6.45, 7) is 6.07. The van der Waals surface area contributed by atoms with E-state index in [0.29, 0.717) is 65.6 Å².